The van der Waals surface area contributed by atoms with Crippen LogP contribution in [0, 0.1) is 0 Å². The summed E-state index contributed by atoms with van der Waals surface area (Å²) in [7, 11) is 1.65. The van der Waals surface area contributed by atoms with Crippen LogP contribution in [-0.4, -0.2) is 12.1 Å². The van der Waals surface area contributed by atoms with Gasteiger partial charge in [-0.15, -0.1) is 0 Å². The Hall–Kier alpha value is -1.65. The van der Waals surface area contributed by atoms with Gasteiger partial charge in [0.1, 0.15) is 5.52 Å². The highest BCUT2D eigenvalue weighted by atomic mass is 79.9. The predicted molar refractivity (Wildman–Crippen MR) is 99.1 cm³/mol. The van der Waals surface area contributed by atoms with Gasteiger partial charge in [0.25, 0.3) is 0 Å². The molecule has 1 heterocycles. The molecule has 110 valence electrons. The molecule has 0 aliphatic heterocycles. The Labute approximate surface area is 146 Å². The van der Waals surface area contributed by atoms with Gasteiger partial charge in [-0.2, -0.15) is 0 Å². The van der Waals surface area contributed by atoms with Gasteiger partial charge in [-0.25, -0.2) is 4.98 Å². The lowest BCUT2D eigenvalue weighted by Crippen LogP contribution is -1.92. The fourth-order valence-corrected chi connectivity index (χ4v) is 3.68. The van der Waals surface area contributed by atoms with Crippen LogP contribution in [0.4, 0.5) is 0 Å². The minimum atomic E-state index is 0.744. The molecule has 0 N–H and O–H groups in total. The smallest absolute Gasteiger partial charge is 0.159 e. The second-order valence-corrected chi connectivity index (χ2v) is 6.46. The van der Waals surface area contributed by atoms with Crippen molar-refractivity contribution in [2.24, 2.45) is 0 Å². The lowest BCUT2D eigenvalue weighted by atomic mass is 10.1. The maximum absolute atomic E-state index is 5.48. The number of benzene rings is 2. The summed E-state index contributed by atoms with van der Waals surface area (Å²) < 4.78 is 7.34. The molecule has 4 heteroatoms. The minimum Gasteiger partial charge on any atom is -0.493 e. The molecular weight excluding hydrogens is 406 g/mol. The van der Waals surface area contributed by atoms with Crippen molar-refractivity contribution in [2.45, 2.75) is 0 Å². The van der Waals surface area contributed by atoms with Gasteiger partial charge in [-0.1, -0.05) is 52.3 Å². The van der Waals surface area contributed by atoms with Gasteiger partial charge in [-0.05, 0) is 45.8 Å². The van der Waals surface area contributed by atoms with E-state index in [1.54, 1.807) is 7.11 Å². The molecule has 0 aliphatic carbocycles. The third-order valence-corrected chi connectivity index (χ3v) is 4.55. The zero-order valence-electron chi connectivity index (χ0n) is 11.9. The standard InChI is InChI=1S/C18H13Br2NO/c1-22-18-16(20)11-15(19)14-10-9-13(21-17(14)18)8-7-12-5-3-2-4-6-12/h2-11H,1H3/b8-7+. The molecule has 0 fully saturated rings. The van der Waals surface area contributed by atoms with Crippen LogP contribution >= 0.6 is 31.9 Å². The van der Waals surface area contributed by atoms with Crippen LogP contribution < -0.4 is 4.74 Å². The van der Waals surface area contributed by atoms with Gasteiger partial charge < -0.3 is 4.74 Å². The number of hydrogen-bond acceptors (Lipinski definition) is 2. The molecule has 0 amide bonds. The summed E-state index contributed by atoms with van der Waals surface area (Å²) in [6.07, 6.45) is 4.05. The summed E-state index contributed by atoms with van der Waals surface area (Å²) in [4.78, 5) is 4.71. The summed E-state index contributed by atoms with van der Waals surface area (Å²) in [5.41, 5.74) is 2.87. The maximum Gasteiger partial charge on any atom is 0.159 e. The molecule has 0 aliphatic rings. The highest BCUT2D eigenvalue weighted by Crippen LogP contribution is 2.37. The topological polar surface area (TPSA) is 22.1 Å². The van der Waals surface area contributed by atoms with Gasteiger partial charge in [0.2, 0.25) is 0 Å². The molecule has 2 aromatic carbocycles. The van der Waals surface area contributed by atoms with Crippen molar-refractivity contribution in [2.75, 3.05) is 7.11 Å². The zero-order chi connectivity index (χ0) is 15.5. The number of aromatic nitrogens is 1. The van der Waals surface area contributed by atoms with E-state index in [4.69, 9.17) is 9.72 Å². The van der Waals surface area contributed by atoms with Crippen LogP contribution in [-0.2, 0) is 0 Å². The van der Waals surface area contributed by atoms with E-state index in [1.165, 1.54) is 0 Å². The lowest BCUT2D eigenvalue weighted by Gasteiger charge is -2.09. The largest absolute Gasteiger partial charge is 0.493 e. The van der Waals surface area contributed by atoms with Crippen LogP contribution in [0.25, 0.3) is 23.1 Å². The summed E-state index contributed by atoms with van der Waals surface area (Å²) in [6.45, 7) is 0. The van der Waals surface area contributed by atoms with Crippen molar-refractivity contribution in [1.29, 1.82) is 0 Å². The third kappa shape index (κ3) is 3.08. The lowest BCUT2D eigenvalue weighted by molar-refractivity contribution is 0.416. The zero-order valence-corrected chi connectivity index (χ0v) is 15.1. The first-order valence-electron chi connectivity index (χ1n) is 6.75. The van der Waals surface area contributed by atoms with E-state index in [0.717, 1.165) is 36.9 Å². The van der Waals surface area contributed by atoms with Gasteiger partial charge in [-0.3, -0.25) is 0 Å². The molecule has 22 heavy (non-hydrogen) atoms. The maximum atomic E-state index is 5.48. The van der Waals surface area contributed by atoms with Crippen molar-refractivity contribution >= 4 is 54.9 Å². The number of pyridine rings is 1. The van der Waals surface area contributed by atoms with Crippen LogP contribution in [0.15, 0.2) is 57.5 Å². The highest BCUT2D eigenvalue weighted by molar-refractivity contribution is 9.11. The van der Waals surface area contributed by atoms with Crippen LogP contribution in [0.2, 0.25) is 0 Å². The minimum absolute atomic E-state index is 0.744. The average Bonchev–Trinajstić information content (AvgIpc) is 2.54. The normalized spacial score (nSPS) is 11.2. The van der Waals surface area contributed by atoms with Crippen molar-refractivity contribution in [1.82, 2.24) is 4.98 Å². The number of nitrogens with zero attached hydrogens (tertiary/aromatic N) is 1. The quantitative estimate of drug-likeness (QED) is 0.525. The molecule has 0 bridgehead atoms. The Morgan fingerprint density at radius 2 is 1.73 bits per heavy atom. The first-order valence-corrected chi connectivity index (χ1v) is 8.33. The molecule has 0 saturated heterocycles. The summed E-state index contributed by atoms with van der Waals surface area (Å²) in [5, 5.41) is 1.02. The SMILES string of the molecule is COc1c(Br)cc(Br)c2ccc(/C=C/c3ccccc3)nc12. The molecule has 1 aromatic heterocycles. The van der Waals surface area contributed by atoms with Crippen molar-refractivity contribution in [3.63, 3.8) is 0 Å². The van der Waals surface area contributed by atoms with Crippen molar-refractivity contribution in [3.8, 4) is 5.75 Å². The third-order valence-electron chi connectivity index (χ3n) is 3.31. The van der Waals surface area contributed by atoms with Gasteiger partial charge in [0, 0.05) is 9.86 Å². The molecule has 0 atom stereocenters. The Bertz CT molecular complexity index is 845. The summed E-state index contributed by atoms with van der Waals surface area (Å²) in [5.74, 6) is 0.744. The summed E-state index contributed by atoms with van der Waals surface area (Å²) in [6, 6.07) is 16.2. The number of ether oxygens (including phenoxy) is 1. The number of rotatable bonds is 3. The Morgan fingerprint density at radius 3 is 2.45 bits per heavy atom. The molecule has 2 nitrogen and oxygen atoms in total. The highest BCUT2D eigenvalue weighted by Gasteiger charge is 2.11. The van der Waals surface area contributed by atoms with E-state index in [9.17, 15) is 0 Å². The van der Waals surface area contributed by atoms with Crippen LogP contribution in [0.3, 0.4) is 0 Å². The average molecular weight is 419 g/mol. The van der Waals surface area contributed by atoms with Crippen molar-refractivity contribution < 1.29 is 4.74 Å². The first-order chi connectivity index (χ1) is 10.7. The van der Waals surface area contributed by atoms with E-state index in [-0.39, 0.29) is 0 Å². The fraction of sp³-hybridized carbons (Fsp3) is 0.0556. The molecule has 0 radical (unpaired) electrons. The number of methoxy groups -OCH3 is 1. The predicted octanol–water partition coefficient (Wildman–Crippen LogP) is 5.94. The van der Waals surface area contributed by atoms with Gasteiger partial charge in [0.15, 0.2) is 5.75 Å². The Morgan fingerprint density at radius 1 is 0.955 bits per heavy atom. The molecule has 0 saturated carbocycles. The monoisotopic (exact) mass is 417 g/mol. The fourth-order valence-electron chi connectivity index (χ4n) is 2.24. The first kappa shape index (κ1) is 15.3. The van der Waals surface area contributed by atoms with E-state index in [0.29, 0.717) is 0 Å². The second kappa shape index (κ2) is 6.63. The van der Waals surface area contributed by atoms with Gasteiger partial charge >= 0.3 is 0 Å². The van der Waals surface area contributed by atoms with Crippen molar-refractivity contribution in [3.05, 3.63) is 68.7 Å². The molecule has 3 aromatic rings. The van der Waals surface area contributed by atoms with E-state index in [2.05, 4.69) is 44.0 Å². The molecule has 0 unspecified atom stereocenters. The molecule has 0 spiro atoms. The van der Waals surface area contributed by atoms with E-state index < -0.39 is 0 Å². The van der Waals surface area contributed by atoms with Crippen LogP contribution in [0.5, 0.6) is 5.75 Å². The Balaban J connectivity index is 2.07. The number of fused-ring (bicyclic) bond motifs is 1. The molecule has 3 rings (SSSR count). The number of hydrogen-bond donors (Lipinski definition) is 0. The Kier molecular flexibility index (Phi) is 4.60. The van der Waals surface area contributed by atoms with Crippen LogP contribution in [0.1, 0.15) is 11.3 Å². The summed E-state index contributed by atoms with van der Waals surface area (Å²) >= 11 is 7.08. The van der Waals surface area contributed by atoms with E-state index in [1.807, 2.05) is 48.6 Å². The van der Waals surface area contributed by atoms with E-state index >= 15 is 0 Å². The number of halogens is 2. The molecular formula is C18H13Br2NO. The second-order valence-electron chi connectivity index (χ2n) is 4.75. The van der Waals surface area contributed by atoms with Gasteiger partial charge in [0.05, 0.1) is 17.3 Å².